The third kappa shape index (κ3) is 10.2. The Labute approximate surface area is 271 Å². The molecule has 1 aliphatic carbocycles. The van der Waals surface area contributed by atoms with Crippen molar-refractivity contribution in [3.8, 4) is 11.1 Å². The van der Waals surface area contributed by atoms with E-state index < -0.39 is 17.7 Å². The van der Waals surface area contributed by atoms with Crippen molar-refractivity contribution in [1.82, 2.24) is 20.6 Å². The van der Waals surface area contributed by atoms with Gasteiger partial charge in [-0.25, -0.2) is 14.8 Å². The number of rotatable bonds is 10. The number of nitrogens with one attached hydrogen (secondary N) is 3. The molecule has 244 valence electrons. The average Bonchev–Trinajstić information content (AvgIpc) is 3.03. The zero-order chi connectivity index (χ0) is 33.3. The molecule has 3 aromatic rings. The molecule has 0 bridgehead atoms. The van der Waals surface area contributed by atoms with E-state index in [-0.39, 0.29) is 23.7 Å². The molecular weight excluding hydrogens is 580 g/mol. The van der Waals surface area contributed by atoms with Crippen LogP contribution in [0.1, 0.15) is 70.3 Å². The van der Waals surface area contributed by atoms with E-state index in [1.54, 1.807) is 19.4 Å². The monoisotopic (exact) mass is 626 g/mol. The van der Waals surface area contributed by atoms with Crippen LogP contribution < -0.4 is 16.0 Å². The molecule has 1 heterocycles. The molecular formula is C36H46N6O4. The summed E-state index contributed by atoms with van der Waals surface area (Å²) in [6.45, 7) is 9.78. The van der Waals surface area contributed by atoms with E-state index in [9.17, 15) is 14.4 Å². The number of hydrogen-bond acceptors (Lipinski definition) is 7. The van der Waals surface area contributed by atoms with Gasteiger partial charge in [-0.1, -0.05) is 36.4 Å². The van der Waals surface area contributed by atoms with Crippen LogP contribution in [0.2, 0.25) is 0 Å². The van der Waals surface area contributed by atoms with Gasteiger partial charge in [0.2, 0.25) is 11.8 Å². The van der Waals surface area contributed by atoms with Crippen LogP contribution in [0.5, 0.6) is 0 Å². The van der Waals surface area contributed by atoms with E-state index >= 15 is 0 Å². The lowest BCUT2D eigenvalue weighted by molar-refractivity contribution is -0.130. The molecule has 10 heteroatoms. The minimum atomic E-state index is -0.790. The summed E-state index contributed by atoms with van der Waals surface area (Å²) in [6.07, 6.45) is 6.42. The summed E-state index contributed by atoms with van der Waals surface area (Å²) in [6, 6.07) is 14.6. The van der Waals surface area contributed by atoms with Gasteiger partial charge >= 0.3 is 6.09 Å². The number of carbonyl (C=O) groups excluding carboxylic acids is 3. The van der Waals surface area contributed by atoms with Gasteiger partial charge in [-0.3, -0.25) is 14.6 Å². The van der Waals surface area contributed by atoms with Crippen LogP contribution in [0.25, 0.3) is 11.1 Å². The number of anilines is 1. The third-order valence-electron chi connectivity index (χ3n) is 8.17. The fraction of sp³-hybridized carbons (Fsp3) is 0.444. The first-order valence-corrected chi connectivity index (χ1v) is 15.9. The van der Waals surface area contributed by atoms with Crippen LogP contribution in [0.15, 0.2) is 65.9 Å². The average molecular weight is 627 g/mol. The summed E-state index contributed by atoms with van der Waals surface area (Å²) in [7, 11) is 1.74. The highest BCUT2D eigenvalue weighted by Gasteiger charge is 2.30. The highest BCUT2D eigenvalue weighted by molar-refractivity contribution is 6.00. The molecule has 4 rings (SSSR count). The van der Waals surface area contributed by atoms with E-state index in [1.807, 2.05) is 83.1 Å². The molecule has 1 atom stereocenters. The second kappa shape index (κ2) is 15.6. The first-order chi connectivity index (χ1) is 21.9. The van der Waals surface area contributed by atoms with Crippen molar-refractivity contribution in [3.63, 3.8) is 0 Å². The number of ether oxygens (including phenoxy) is 1. The Morgan fingerprint density at radius 1 is 0.978 bits per heavy atom. The molecule has 1 aromatic heterocycles. The van der Waals surface area contributed by atoms with Gasteiger partial charge in [0.1, 0.15) is 17.5 Å². The summed E-state index contributed by atoms with van der Waals surface area (Å²) >= 11 is 0. The molecule has 0 spiro atoms. The summed E-state index contributed by atoms with van der Waals surface area (Å²) in [5, 5.41) is 8.91. The van der Waals surface area contributed by atoms with Crippen molar-refractivity contribution < 1.29 is 19.1 Å². The van der Waals surface area contributed by atoms with E-state index in [0.717, 1.165) is 40.8 Å². The van der Waals surface area contributed by atoms with Crippen molar-refractivity contribution in [2.75, 3.05) is 18.9 Å². The van der Waals surface area contributed by atoms with Gasteiger partial charge in [-0.15, -0.1) is 0 Å². The first kappa shape index (κ1) is 34.3. The Morgan fingerprint density at radius 2 is 1.65 bits per heavy atom. The zero-order valence-corrected chi connectivity index (χ0v) is 27.7. The lowest BCUT2D eigenvalue weighted by Gasteiger charge is -2.29. The highest BCUT2D eigenvalue weighted by atomic mass is 16.6. The Kier molecular flexibility index (Phi) is 11.6. The van der Waals surface area contributed by atoms with Gasteiger partial charge in [-0.2, -0.15) is 0 Å². The van der Waals surface area contributed by atoms with Crippen LogP contribution in [-0.2, 0) is 20.7 Å². The zero-order valence-electron chi connectivity index (χ0n) is 27.7. The number of aromatic nitrogens is 2. The largest absolute Gasteiger partial charge is 0.444 e. The Morgan fingerprint density at radius 3 is 2.28 bits per heavy atom. The summed E-state index contributed by atoms with van der Waals surface area (Å²) in [4.78, 5) is 52.1. The second-order valence-corrected chi connectivity index (χ2v) is 13.0. The van der Waals surface area contributed by atoms with E-state index in [1.165, 1.54) is 0 Å². The Balaban J connectivity index is 1.43. The molecule has 1 aliphatic rings. The predicted octanol–water partition coefficient (Wildman–Crippen LogP) is 5.89. The van der Waals surface area contributed by atoms with E-state index in [2.05, 4.69) is 30.9 Å². The summed E-state index contributed by atoms with van der Waals surface area (Å²) < 4.78 is 5.34. The van der Waals surface area contributed by atoms with Crippen molar-refractivity contribution in [2.45, 2.75) is 78.4 Å². The van der Waals surface area contributed by atoms with Gasteiger partial charge in [0.05, 0.1) is 0 Å². The van der Waals surface area contributed by atoms with E-state index in [4.69, 9.17) is 4.74 Å². The molecule has 0 unspecified atom stereocenters. The van der Waals surface area contributed by atoms with Crippen molar-refractivity contribution >= 4 is 29.3 Å². The van der Waals surface area contributed by atoms with Gasteiger partial charge in [0, 0.05) is 55.3 Å². The summed E-state index contributed by atoms with van der Waals surface area (Å²) in [5.41, 5.74) is 4.68. The fourth-order valence-corrected chi connectivity index (χ4v) is 5.48. The predicted molar refractivity (Wildman–Crippen MR) is 181 cm³/mol. The smallest absolute Gasteiger partial charge is 0.407 e. The number of carbonyl (C=O) groups is 3. The maximum atomic E-state index is 13.7. The fourth-order valence-electron chi connectivity index (χ4n) is 5.48. The molecule has 1 fully saturated rings. The quantitative estimate of drug-likeness (QED) is 0.240. The molecule has 46 heavy (non-hydrogen) atoms. The van der Waals surface area contributed by atoms with Crippen molar-refractivity contribution in [1.29, 1.82) is 0 Å². The number of amides is 3. The standard InChI is InChI=1S/C36H46N6O4/c1-23(37-6)27-14-16-31(17-15-27)41-34(44)32(19-26-8-7-9-29(18-26)30-21-38-24(2)39-22-30)42-33(43)28-12-10-25(11-13-28)20-40-35(45)46-36(3,4)5/h7-9,14-18,21-22,25,28,32H,10-13,19-20H2,1-6H3,(H,40,45)(H,41,44)(H,42,43)/t25?,28?,32-/m0/s1. The third-order valence-corrected chi connectivity index (χ3v) is 8.17. The molecule has 3 N–H and O–H groups in total. The minimum absolute atomic E-state index is 0.132. The lowest BCUT2D eigenvalue weighted by Crippen LogP contribution is -2.48. The normalized spacial score (nSPS) is 17.5. The first-order valence-electron chi connectivity index (χ1n) is 15.9. The topological polar surface area (TPSA) is 135 Å². The number of hydrogen-bond donors (Lipinski definition) is 3. The van der Waals surface area contributed by atoms with Crippen molar-refractivity contribution in [2.24, 2.45) is 16.8 Å². The maximum absolute atomic E-state index is 13.7. The highest BCUT2D eigenvalue weighted by Crippen LogP contribution is 2.29. The molecule has 0 aliphatic heterocycles. The Bertz CT molecular complexity index is 1520. The van der Waals surface area contributed by atoms with Crippen molar-refractivity contribution in [3.05, 3.63) is 77.9 Å². The molecule has 2 aromatic carbocycles. The van der Waals surface area contributed by atoms with Crippen LogP contribution in [0, 0.1) is 18.8 Å². The number of benzene rings is 2. The van der Waals surface area contributed by atoms with Crippen LogP contribution in [-0.4, -0.2) is 58.8 Å². The minimum Gasteiger partial charge on any atom is -0.444 e. The molecule has 3 amide bonds. The van der Waals surface area contributed by atoms with E-state index in [0.29, 0.717) is 37.3 Å². The van der Waals surface area contributed by atoms with Crippen LogP contribution >= 0.6 is 0 Å². The molecule has 1 saturated carbocycles. The molecule has 10 nitrogen and oxygen atoms in total. The number of aliphatic imine (C=N–C) groups is 1. The number of nitrogens with zero attached hydrogens (tertiary/aromatic N) is 3. The Hall–Kier alpha value is -4.60. The number of alkyl carbamates (subject to hydrolysis) is 1. The summed E-state index contributed by atoms with van der Waals surface area (Å²) in [5.74, 6) is 0.333. The van der Waals surface area contributed by atoms with Crippen LogP contribution in [0.3, 0.4) is 0 Å². The lowest BCUT2D eigenvalue weighted by atomic mass is 9.81. The van der Waals surface area contributed by atoms with Crippen LogP contribution in [0.4, 0.5) is 10.5 Å². The SMILES string of the molecule is CN=C(C)c1ccc(NC(=O)[C@H](Cc2cccc(-c3cnc(C)nc3)c2)NC(=O)C2CCC(CNC(=O)OC(C)(C)C)CC2)cc1. The molecule has 0 radical (unpaired) electrons. The number of aryl methyl sites for hydroxylation is 1. The van der Waals surface area contributed by atoms with Gasteiger partial charge in [0.15, 0.2) is 0 Å². The van der Waals surface area contributed by atoms with Gasteiger partial charge < -0.3 is 20.7 Å². The van der Waals surface area contributed by atoms with Gasteiger partial charge in [-0.05, 0) is 95.0 Å². The molecule has 0 saturated heterocycles. The van der Waals surface area contributed by atoms with Gasteiger partial charge in [0.25, 0.3) is 0 Å². The maximum Gasteiger partial charge on any atom is 0.407 e. The second-order valence-electron chi connectivity index (χ2n) is 13.0.